The number of hydrogen-bond donors (Lipinski definition) is 5. The average Bonchev–Trinajstić information content (AvgIpc) is 3.65. The Hall–Kier alpha value is -4.08. The molecule has 288 valence electrons. The second-order valence-electron chi connectivity index (χ2n) is 13.1. The molecule has 0 spiro atoms. The molecule has 14 nitrogen and oxygen atoms in total. The highest BCUT2D eigenvalue weighted by molar-refractivity contribution is 8.23. The number of thioether (sulfide) groups is 2. The fourth-order valence-corrected chi connectivity index (χ4v) is 9.71. The van der Waals surface area contributed by atoms with Crippen LogP contribution < -0.4 is 26.5 Å². The Kier molecular flexibility index (Phi) is 12.0. The number of hydrogen-bond acceptors (Lipinski definition) is 11. The van der Waals surface area contributed by atoms with Crippen molar-refractivity contribution >= 4 is 97.4 Å². The number of nitrogens with zero attached hydrogens (tertiary/aromatic N) is 4. The summed E-state index contributed by atoms with van der Waals surface area (Å²) < 4.78 is 34.6. The predicted octanol–water partition coefficient (Wildman–Crippen LogP) is 2.46. The van der Waals surface area contributed by atoms with E-state index in [2.05, 4.69) is 10.7 Å². The molecule has 2 aromatic heterocycles. The molecule has 6 N–H and O–H groups in total. The number of rotatable bonds is 12. The molecule has 0 radical (unpaired) electrons. The van der Waals surface area contributed by atoms with Crippen molar-refractivity contribution in [2.45, 2.75) is 44.1 Å². The van der Waals surface area contributed by atoms with Crippen LogP contribution in [0.3, 0.4) is 0 Å². The van der Waals surface area contributed by atoms with Gasteiger partial charge in [-0.15, -0.1) is 23.1 Å². The van der Waals surface area contributed by atoms with E-state index in [0.717, 1.165) is 33.2 Å². The van der Waals surface area contributed by atoms with Crippen LogP contribution >= 0.6 is 47.1 Å². The first-order chi connectivity index (χ1) is 25.7. The highest BCUT2D eigenvalue weighted by Crippen LogP contribution is 2.41. The molecule has 0 bridgehead atoms. The number of carbonyl (C=O) groups excluding carboxylic acids is 2. The second-order valence-corrected chi connectivity index (χ2v) is 16.9. The van der Waals surface area contributed by atoms with Gasteiger partial charge >= 0.3 is 11.9 Å². The molecule has 6 rings (SSSR count). The lowest BCUT2D eigenvalue weighted by Gasteiger charge is -2.49. The third kappa shape index (κ3) is 7.59. The zero-order valence-electron chi connectivity index (χ0n) is 29.4. The lowest BCUT2D eigenvalue weighted by atomic mass is 10.0. The molecule has 3 aromatic rings. The van der Waals surface area contributed by atoms with Crippen LogP contribution in [0.2, 0.25) is 0 Å². The minimum absolute atomic E-state index is 0.0311. The van der Waals surface area contributed by atoms with Gasteiger partial charge in [-0.25, -0.2) is 24.8 Å². The Balaban J connectivity index is 1.24. The third-order valence-electron chi connectivity index (χ3n) is 9.67. The second kappa shape index (κ2) is 16.3. The fraction of sp³-hybridized carbons (Fsp3) is 0.412. The minimum atomic E-state index is -1.55. The molecule has 1 aromatic carbocycles. The summed E-state index contributed by atoms with van der Waals surface area (Å²) in [7, 11) is 1.89. The van der Waals surface area contributed by atoms with Gasteiger partial charge in [-0.05, 0) is 49.6 Å². The van der Waals surface area contributed by atoms with E-state index < -0.39 is 63.3 Å². The number of amides is 2. The number of nitrogens with one attached hydrogen (secondary N) is 2. The number of aromatic nitrogens is 1. The van der Waals surface area contributed by atoms with E-state index in [9.17, 15) is 34.2 Å². The van der Waals surface area contributed by atoms with Crippen molar-refractivity contribution in [2.75, 3.05) is 49.6 Å². The van der Waals surface area contributed by atoms with Crippen LogP contribution in [-0.2, 0) is 20.8 Å². The summed E-state index contributed by atoms with van der Waals surface area (Å²) in [4.78, 5) is 69.5. The predicted molar refractivity (Wildman–Crippen MR) is 207 cm³/mol. The summed E-state index contributed by atoms with van der Waals surface area (Å²) in [5.41, 5.74) is 1.44. The molecule has 2 fully saturated rings. The molecule has 5 heterocycles. The van der Waals surface area contributed by atoms with E-state index >= 15 is 8.78 Å². The standard InChI is InChI=1S/C34H37F2N7O7S4/c1-4-16(2)42-13-19(32(47)48)29(45)21-24(22(35)28(23(36)27(21)42)41-9-7-40(3)8-10-41)38-39-34(51)54-15-17-14-53-31-25(30(46)43(31)26(17)33(49)50)37-20(44)12-18-6-5-11-52-18/h5-6,11,13,16,25,31,38H,4,7-10,12,14-15H2,1-3H3,(H,37,44)(H,39,51)(H,47,48)(H,49,50)/p+1/t16?,25-,31-/m1/s1. The van der Waals surface area contributed by atoms with Crippen LogP contribution in [0.25, 0.3) is 10.9 Å². The number of nitrogens with two attached hydrogens (primary N) is 1. The SMILES string of the molecule is CCC(C)n1cc(C(=O)O)c(=O)c2c([NH2+]NC(=S)SCC3=C(C(=O)O)N4C(=O)[C@@H](NC(=O)Cc5cccs5)[C@H]4SC3)c(F)c(N3CCN(C)CC3)c(F)c21. The summed E-state index contributed by atoms with van der Waals surface area (Å²) in [6, 6.07) is 2.30. The van der Waals surface area contributed by atoms with E-state index in [1.807, 2.05) is 36.4 Å². The zero-order valence-corrected chi connectivity index (χ0v) is 32.7. The van der Waals surface area contributed by atoms with Gasteiger partial charge in [-0.3, -0.25) is 19.3 Å². The van der Waals surface area contributed by atoms with Gasteiger partial charge in [-0.2, -0.15) is 4.39 Å². The van der Waals surface area contributed by atoms with E-state index in [-0.39, 0.29) is 50.7 Å². The van der Waals surface area contributed by atoms with Crippen LogP contribution in [-0.4, -0.2) is 109 Å². The number of pyridine rings is 1. The molecule has 1 unspecified atom stereocenters. The molecule has 3 aliphatic rings. The van der Waals surface area contributed by atoms with Crippen molar-refractivity contribution in [3.05, 3.63) is 67.3 Å². The van der Waals surface area contributed by atoms with E-state index in [0.29, 0.717) is 38.2 Å². The van der Waals surface area contributed by atoms with E-state index in [1.165, 1.54) is 27.7 Å². The van der Waals surface area contributed by atoms with Crippen molar-refractivity contribution < 1.29 is 43.6 Å². The number of benzene rings is 1. The van der Waals surface area contributed by atoms with Crippen molar-refractivity contribution in [3.8, 4) is 0 Å². The topological polar surface area (TPSA) is 181 Å². The van der Waals surface area contributed by atoms with Gasteiger partial charge < -0.3 is 29.9 Å². The lowest BCUT2D eigenvalue weighted by Crippen LogP contribution is -2.89. The number of piperazine rings is 1. The number of quaternary nitrogens is 1. The van der Waals surface area contributed by atoms with Gasteiger partial charge in [0.05, 0.1) is 11.9 Å². The highest BCUT2D eigenvalue weighted by Gasteiger charge is 2.54. The summed E-state index contributed by atoms with van der Waals surface area (Å²) >= 11 is 9.22. The Morgan fingerprint density at radius 1 is 1.13 bits per heavy atom. The quantitative estimate of drug-likeness (QED) is 0.0592. The van der Waals surface area contributed by atoms with Crippen LogP contribution in [0.1, 0.15) is 41.5 Å². The average molecular weight is 823 g/mol. The number of likely N-dealkylation sites (N-methyl/N-ethyl adjacent to an activating group) is 1. The smallest absolute Gasteiger partial charge is 0.352 e. The largest absolute Gasteiger partial charge is 0.477 e. The third-order valence-corrected chi connectivity index (χ3v) is 13.2. The number of anilines is 1. The molecular formula is C34H38F2N7O7S4+. The maximum absolute atomic E-state index is 16.6. The molecule has 3 aliphatic heterocycles. The van der Waals surface area contributed by atoms with Crippen LogP contribution in [0.4, 0.5) is 20.2 Å². The van der Waals surface area contributed by atoms with Gasteiger partial charge in [-0.1, -0.05) is 24.8 Å². The number of carboxylic acids is 2. The first-order valence-electron chi connectivity index (χ1n) is 17.0. The molecule has 2 saturated heterocycles. The maximum Gasteiger partial charge on any atom is 0.352 e. The summed E-state index contributed by atoms with van der Waals surface area (Å²) in [6.45, 7) is 5.24. The van der Waals surface area contributed by atoms with Gasteiger partial charge in [0.15, 0.2) is 10.1 Å². The minimum Gasteiger partial charge on any atom is -0.477 e. The normalized spacial score (nSPS) is 19.4. The molecule has 3 atom stereocenters. The Labute approximate surface area is 325 Å². The van der Waals surface area contributed by atoms with E-state index in [4.69, 9.17) is 12.2 Å². The summed E-state index contributed by atoms with van der Waals surface area (Å²) in [5, 5.41) is 23.5. The van der Waals surface area contributed by atoms with Gasteiger partial charge in [0.25, 0.3) is 5.91 Å². The van der Waals surface area contributed by atoms with Crippen LogP contribution in [0.5, 0.6) is 0 Å². The maximum atomic E-state index is 16.6. The molecule has 2 amide bonds. The number of carbonyl (C=O) groups is 4. The van der Waals surface area contributed by atoms with E-state index in [1.54, 1.807) is 11.8 Å². The van der Waals surface area contributed by atoms with Crippen molar-refractivity contribution in [3.63, 3.8) is 0 Å². The molecule has 0 aliphatic carbocycles. The molecular weight excluding hydrogens is 785 g/mol. The number of aliphatic carboxylic acids is 1. The van der Waals surface area contributed by atoms with Gasteiger partial charge in [0.1, 0.15) is 33.7 Å². The first kappa shape index (κ1) is 39.6. The Bertz CT molecular complexity index is 2120. The van der Waals surface area contributed by atoms with Gasteiger partial charge in [0, 0.05) is 54.8 Å². The summed E-state index contributed by atoms with van der Waals surface area (Å²) in [5.74, 6) is -5.52. The number of halogens is 2. The molecule has 20 heteroatoms. The van der Waals surface area contributed by atoms with Crippen LogP contribution in [0, 0.1) is 11.6 Å². The number of fused-ring (bicyclic) bond motifs is 2. The highest BCUT2D eigenvalue weighted by atomic mass is 32.2. The first-order valence-corrected chi connectivity index (χ1v) is 20.3. The fourth-order valence-electron chi connectivity index (χ4n) is 6.61. The van der Waals surface area contributed by atoms with Crippen molar-refractivity contribution in [2.24, 2.45) is 0 Å². The monoisotopic (exact) mass is 822 g/mol. The number of thiocarbonyl (C=S) groups is 1. The number of β-lactam (4-membered cyclic amide) rings is 1. The van der Waals surface area contributed by atoms with Crippen LogP contribution in [0.15, 0.2) is 39.8 Å². The van der Waals surface area contributed by atoms with Crippen molar-refractivity contribution in [1.29, 1.82) is 0 Å². The number of carboxylic acid groups (broad SMARTS) is 2. The van der Waals surface area contributed by atoms with Gasteiger partial charge in [0.2, 0.25) is 22.8 Å². The zero-order chi connectivity index (χ0) is 39.0. The summed E-state index contributed by atoms with van der Waals surface area (Å²) in [6.07, 6.45) is 1.66. The molecule has 0 saturated carbocycles. The number of thiophene rings is 1. The number of aromatic carboxylic acids is 1. The molecule has 54 heavy (non-hydrogen) atoms. The van der Waals surface area contributed by atoms with Crippen molar-refractivity contribution in [1.82, 2.24) is 25.1 Å². The lowest BCUT2D eigenvalue weighted by molar-refractivity contribution is -0.615. The Morgan fingerprint density at radius 2 is 1.85 bits per heavy atom. The Morgan fingerprint density at radius 3 is 2.48 bits per heavy atom.